The van der Waals surface area contributed by atoms with Crippen LogP contribution in [-0.4, -0.2) is 18.0 Å². The third-order valence-electron chi connectivity index (χ3n) is 4.06. The average Bonchev–Trinajstić information content (AvgIpc) is 2.13. The Morgan fingerprint density at radius 1 is 1.22 bits per heavy atom. The van der Waals surface area contributed by atoms with Gasteiger partial charge in [-0.1, -0.05) is 34.6 Å². The molecule has 0 radical (unpaired) electrons. The highest BCUT2D eigenvalue weighted by Crippen LogP contribution is 2.28. The molecule has 0 aromatic carbocycles. The number of nitrogens with one attached hydrogen (secondary N) is 1. The lowest BCUT2D eigenvalue weighted by atomic mass is 9.80. The summed E-state index contributed by atoms with van der Waals surface area (Å²) in [7, 11) is 0. The van der Waals surface area contributed by atoms with Crippen molar-refractivity contribution < 1.29 is 4.79 Å². The van der Waals surface area contributed by atoms with Crippen LogP contribution in [0, 0.1) is 17.3 Å². The molecule has 1 aliphatic carbocycles. The smallest absolute Gasteiger partial charge is 0.221 e. The van der Waals surface area contributed by atoms with Crippen LogP contribution in [0.3, 0.4) is 0 Å². The first-order chi connectivity index (χ1) is 8.18. The summed E-state index contributed by atoms with van der Waals surface area (Å²) in [4.78, 5) is 12.0. The first-order valence-electron chi connectivity index (χ1n) is 7.23. The summed E-state index contributed by atoms with van der Waals surface area (Å²) in [5.41, 5.74) is 6.04. The van der Waals surface area contributed by atoms with Gasteiger partial charge in [0.05, 0.1) is 0 Å². The minimum Gasteiger partial charge on any atom is -0.353 e. The third kappa shape index (κ3) is 4.97. The minimum absolute atomic E-state index is 0.00944. The van der Waals surface area contributed by atoms with Crippen molar-refractivity contribution in [3.63, 3.8) is 0 Å². The number of hydrogen-bond donors (Lipinski definition) is 2. The maximum Gasteiger partial charge on any atom is 0.221 e. The topological polar surface area (TPSA) is 55.1 Å². The lowest BCUT2D eigenvalue weighted by Gasteiger charge is -2.33. The van der Waals surface area contributed by atoms with Crippen molar-refractivity contribution >= 4 is 5.91 Å². The van der Waals surface area contributed by atoms with Crippen LogP contribution in [0.2, 0.25) is 0 Å². The Morgan fingerprint density at radius 2 is 1.72 bits per heavy atom. The molecule has 18 heavy (non-hydrogen) atoms. The number of carbonyl (C=O) groups is 1. The van der Waals surface area contributed by atoms with Gasteiger partial charge in [0.25, 0.3) is 0 Å². The molecule has 106 valence electrons. The molecule has 0 aliphatic heterocycles. The van der Waals surface area contributed by atoms with Gasteiger partial charge in [0.2, 0.25) is 5.91 Å². The van der Waals surface area contributed by atoms with Crippen LogP contribution in [-0.2, 0) is 4.79 Å². The Morgan fingerprint density at radius 3 is 2.17 bits per heavy atom. The van der Waals surface area contributed by atoms with Gasteiger partial charge in [0, 0.05) is 18.5 Å². The van der Waals surface area contributed by atoms with E-state index in [0.29, 0.717) is 12.5 Å². The highest BCUT2D eigenvalue weighted by molar-refractivity contribution is 5.77. The molecule has 3 heteroatoms. The average molecular weight is 254 g/mol. The molecule has 1 rings (SSSR count). The van der Waals surface area contributed by atoms with Crippen molar-refractivity contribution in [1.82, 2.24) is 5.32 Å². The molecule has 1 aliphatic rings. The maximum atomic E-state index is 12.0. The van der Waals surface area contributed by atoms with Crippen molar-refractivity contribution in [3.05, 3.63) is 0 Å². The van der Waals surface area contributed by atoms with Crippen LogP contribution in [0.15, 0.2) is 0 Å². The van der Waals surface area contributed by atoms with Gasteiger partial charge >= 0.3 is 0 Å². The Kier molecular flexibility index (Phi) is 5.20. The fourth-order valence-corrected chi connectivity index (χ4v) is 2.86. The maximum absolute atomic E-state index is 12.0. The predicted molar refractivity (Wildman–Crippen MR) is 76.2 cm³/mol. The molecule has 0 aromatic heterocycles. The van der Waals surface area contributed by atoms with E-state index in [2.05, 4.69) is 39.9 Å². The second-order valence-electron chi connectivity index (χ2n) is 7.36. The summed E-state index contributed by atoms with van der Waals surface area (Å²) >= 11 is 0. The highest BCUT2D eigenvalue weighted by atomic mass is 16.1. The fraction of sp³-hybridized carbons (Fsp3) is 0.933. The van der Waals surface area contributed by atoms with Crippen molar-refractivity contribution in [2.45, 2.75) is 72.4 Å². The standard InChI is InChI=1S/C15H30N2O/c1-10-6-11(2)8-12(7-10)17-14(18)9-13(16)15(3,4)5/h10-13H,6-9,16H2,1-5H3,(H,17,18). The molecule has 3 N–H and O–H groups in total. The second-order valence-corrected chi connectivity index (χ2v) is 7.36. The number of amides is 1. The number of rotatable bonds is 3. The lowest BCUT2D eigenvalue weighted by Crippen LogP contribution is -2.44. The quantitative estimate of drug-likeness (QED) is 0.813. The van der Waals surface area contributed by atoms with Crippen molar-refractivity contribution in [2.75, 3.05) is 0 Å². The monoisotopic (exact) mass is 254 g/mol. The molecule has 0 aromatic rings. The van der Waals surface area contributed by atoms with Crippen LogP contribution in [0.4, 0.5) is 0 Å². The number of carbonyl (C=O) groups excluding carboxylic acids is 1. The van der Waals surface area contributed by atoms with E-state index in [1.54, 1.807) is 0 Å². The summed E-state index contributed by atoms with van der Waals surface area (Å²) in [6.45, 7) is 10.8. The Labute approximate surface area is 112 Å². The van der Waals surface area contributed by atoms with Crippen molar-refractivity contribution in [2.24, 2.45) is 23.0 Å². The molecule has 3 atom stereocenters. The van der Waals surface area contributed by atoms with Gasteiger partial charge in [-0.2, -0.15) is 0 Å². The van der Waals surface area contributed by atoms with Crippen LogP contribution in [0.25, 0.3) is 0 Å². The van der Waals surface area contributed by atoms with Crippen LogP contribution in [0.5, 0.6) is 0 Å². The summed E-state index contributed by atoms with van der Waals surface area (Å²) in [6.07, 6.45) is 3.94. The molecule has 3 nitrogen and oxygen atoms in total. The van der Waals surface area contributed by atoms with Crippen LogP contribution in [0.1, 0.15) is 60.3 Å². The van der Waals surface area contributed by atoms with Gasteiger partial charge in [-0.25, -0.2) is 0 Å². The molecule has 1 amide bonds. The molecule has 0 spiro atoms. The first-order valence-corrected chi connectivity index (χ1v) is 7.23. The molecule has 1 fully saturated rings. The Balaban J connectivity index is 2.40. The van der Waals surface area contributed by atoms with Gasteiger partial charge in [-0.3, -0.25) is 4.79 Å². The Hall–Kier alpha value is -0.570. The highest BCUT2D eigenvalue weighted by Gasteiger charge is 2.27. The summed E-state index contributed by atoms with van der Waals surface area (Å²) in [6, 6.07) is 0.277. The van der Waals surface area contributed by atoms with Gasteiger partial charge in [-0.15, -0.1) is 0 Å². The molecule has 0 bridgehead atoms. The van der Waals surface area contributed by atoms with Gasteiger partial charge in [0.1, 0.15) is 0 Å². The van der Waals surface area contributed by atoms with E-state index >= 15 is 0 Å². The van der Waals surface area contributed by atoms with Gasteiger partial charge in [0.15, 0.2) is 0 Å². The van der Waals surface area contributed by atoms with E-state index in [-0.39, 0.29) is 17.4 Å². The molecule has 0 saturated heterocycles. The predicted octanol–water partition coefficient (Wildman–Crippen LogP) is 2.69. The van der Waals surface area contributed by atoms with Crippen molar-refractivity contribution in [3.8, 4) is 0 Å². The largest absolute Gasteiger partial charge is 0.353 e. The summed E-state index contributed by atoms with van der Waals surface area (Å²) < 4.78 is 0. The number of hydrogen-bond acceptors (Lipinski definition) is 2. The summed E-state index contributed by atoms with van der Waals surface area (Å²) in [5, 5.41) is 3.16. The van der Waals surface area contributed by atoms with Crippen molar-refractivity contribution in [1.29, 1.82) is 0 Å². The first kappa shape index (κ1) is 15.5. The molecule has 0 heterocycles. The zero-order chi connectivity index (χ0) is 13.9. The van der Waals surface area contributed by atoms with Crippen LogP contribution >= 0.6 is 0 Å². The van der Waals surface area contributed by atoms with E-state index in [4.69, 9.17) is 5.73 Å². The molecular formula is C15H30N2O. The third-order valence-corrected chi connectivity index (χ3v) is 4.06. The normalized spacial score (nSPS) is 30.9. The molecule has 3 unspecified atom stereocenters. The molecule has 1 saturated carbocycles. The summed E-state index contributed by atoms with van der Waals surface area (Å²) in [5.74, 6) is 1.55. The van der Waals surface area contributed by atoms with E-state index in [9.17, 15) is 4.79 Å². The van der Waals surface area contributed by atoms with Crippen LogP contribution < -0.4 is 11.1 Å². The Bertz CT molecular complexity index is 273. The molecular weight excluding hydrogens is 224 g/mol. The number of nitrogens with two attached hydrogens (primary N) is 1. The van der Waals surface area contributed by atoms with Gasteiger partial charge < -0.3 is 11.1 Å². The lowest BCUT2D eigenvalue weighted by molar-refractivity contribution is -0.123. The van der Waals surface area contributed by atoms with Gasteiger partial charge in [-0.05, 0) is 36.5 Å². The minimum atomic E-state index is -0.0732. The van der Waals surface area contributed by atoms with E-state index in [1.165, 1.54) is 6.42 Å². The van der Waals surface area contributed by atoms with E-state index in [0.717, 1.165) is 24.7 Å². The zero-order valence-corrected chi connectivity index (χ0v) is 12.6. The second kappa shape index (κ2) is 6.05. The zero-order valence-electron chi connectivity index (χ0n) is 12.6. The van der Waals surface area contributed by atoms with E-state index in [1.807, 2.05) is 0 Å². The fourth-order valence-electron chi connectivity index (χ4n) is 2.86. The van der Waals surface area contributed by atoms with E-state index < -0.39 is 0 Å². The SMILES string of the molecule is CC1CC(C)CC(NC(=O)CC(N)C(C)(C)C)C1.